The van der Waals surface area contributed by atoms with Crippen LogP contribution >= 0.6 is 22.5 Å². The van der Waals surface area contributed by atoms with E-state index in [0.29, 0.717) is 0 Å². The summed E-state index contributed by atoms with van der Waals surface area (Å²) in [5, 5.41) is 0. The van der Waals surface area contributed by atoms with Gasteiger partial charge >= 0.3 is 0 Å². The number of hydrogen-bond donors (Lipinski definition) is 6. The first-order valence-corrected chi connectivity index (χ1v) is 11.4. The monoisotopic (exact) mass is 405 g/mol. The van der Waals surface area contributed by atoms with E-state index >= 15 is 0 Å². The zero-order valence-electron chi connectivity index (χ0n) is 14.8. The van der Waals surface area contributed by atoms with Gasteiger partial charge in [-0.15, -0.1) is 0 Å². The van der Waals surface area contributed by atoms with Gasteiger partial charge in [-0.1, -0.05) is 0 Å². The molecule has 0 fully saturated rings. The zero-order chi connectivity index (χ0) is 19.1. The number of hydrogen-bond acceptors (Lipinski definition) is 15. The lowest BCUT2D eigenvalue weighted by atomic mass is 11.5. The molecule has 0 unspecified atom stereocenters. The van der Waals surface area contributed by atoms with Crippen LogP contribution in [-0.4, -0.2) is 71.0 Å². The van der Waals surface area contributed by atoms with Gasteiger partial charge in [0.1, 0.15) is 0 Å². The Balaban J connectivity index is 4.17. The van der Waals surface area contributed by atoms with Crippen LogP contribution in [0.1, 0.15) is 0 Å². The second-order valence-corrected chi connectivity index (χ2v) is 14.5. The topological polar surface area (TPSA) is 213 Å². The summed E-state index contributed by atoms with van der Waals surface area (Å²) < 4.78 is 22.3. The summed E-state index contributed by atoms with van der Waals surface area (Å²) in [4.78, 5) is 0. The number of hydrazine groups is 6. The van der Waals surface area contributed by atoms with E-state index in [2.05, 4.69) is 0 Å². The van der Waals surface area contributed by atoms with Gasteiger partial charge in [0.15, 0.2) is 0 Å². The third-order valence-electron chi connectivity index (χ3n) is 3.26. The van der Waals surface area contributed by atoms with Crippen molar-refractivity contribution in [3.05, 3.63) is 0 Å². The highest BCUT2D eigenvalue weighted by atomic mass is 31.3. The van der Waals surface area contributed by atoms with Gasteiger partial charge in [-0.3, -0.25) is 35.1 Å². The second-order valence-electron chi connectivity index (χ2n) is 5.32. The average molecular weight is 405 g/mol. The van der Waals surface area contributed by atoms with Gasteiger partial charge in [-0.25, -0.2) is 0 Å². The van der Waals surface area contributed by atoms with Crippen LogP contribution in [0.3, 0.4) is 0 Å². The fourth-order valence-electron chi connectivity index (χ4n) is 1.96. The molecule has 0 aromatic heterocycles. The summed E-state index contributed by atoms with van der Waals surface area (Å²) in [7, 11) is 0.653. The summed E-state index contributed by atoms with van der Waals surface area (Å²) in [6.07, 6.45) is 0. The molecule has 0 bridgehead atoms. The Morgan fingerprint density at radius 1 is 0.417 bits per heavy atom. The van der Waals surface area contributed by atoms with Gasteiger partial charge in [0.25, 0.3) is 0 Å². The molecular weight excluding hydrogens is 375 g/mol. The predicted molar refractivity (Wildman–Crippen MR) is 99.7 cm³/mol. The second kappa shape index (κ2) is 7.45. The van der Waals surface area contributed by atoms with E-state index in [-0.39, 0.29) is 0 Å². The molecule has 1 aliphatic rings. The lowest BCUT2D eigenvalue weighted by molar-refractivity contribution is 0.452. The molecular formula is C6H30N15P3. The van der Waals surface area contributed by atoms with Crippen LogP contribution in [0.5, 0.6) is 0 Å². The maximum Gasteiger partial charge on any atom is 0.247 e. The predicted octanol–water partition coefficient (Wildman–Crippen LogP) is -1.33. The standard InChI is InChI=1S/C6H30N15P3/c1-16(7)22(17(2)8)13-23(18(3)9,19(4)10)15-24(14-22,20(5)11)21(6)12/h7-12H2,1-6H3. The molecule has 0 aliphatic carbocycles. The maximum absolute atomic E-state index is 6.08. The van der Waals surface area contributed by atoms with E-state index in [4.69, 9.17) is 48.6 Å². The van der Waals surface area contributed by atoms with E-state index in [0.717, 1.165) is 0 Å². The van der Waals surface area contributed by atoms with Crippen LogP contribution in [-0.2, 0) is 0 Å². The van der Waals surface area contributed by atoms with Crippen molar-refractivity contribution in [1.82, 2.24) is 28.7 Å². The zero-order valence-corrected chi connectivity index (χ0v) is 17.5. The molecule has 1 aliphatic heterocycles. The molecule has 0 spiro atoms. The van der Waals surface area contributed by atoms with Gasteiger partial charge in [-0.05, 0) is 0 Å². The van der Waals surface area contributed by atoms with Crippen LogP contribution in [0.25, 0.3) is 0 Å². The minimum absolute atomic E-state index is 1.34. The van der Waals surface area contributed by atoms with Gasteiger partial charge in [-0.2, -0.15) is 42.2 Å². The molecule has 0 atom stereocenters. The molecule has 0 amide bonds. The molecule has 0 aromatic carbocycles. The lowest BCUT2D eigenvalue weighted by Gasteiger charge is -2.45. The van der Waals surface area contributed by atoms with Crippen LogP contribution in [0.15, 0.2) is 13.5 Å². The van der Waals surface area contributed by atoms with Crippen LogP contribution < -0.4 is 35.1 Å². The summed E-state index contributed by atoms with van der Waals surface area (Å²) in [6, 6.07) is 0. The molecule has 0 aromatic rings. The Morgan fingerprint density at radius 2 is 0.542 bits per heavy atom. The van der Waals surface area contributed by atoms with Gasteiger partial charge in [0.2, 0.25) is 22.5 Å². The van der Waals surface area contributed by atoms with Crippen LogP contribution in [0.4, 0.5) is 0 Å². The molecule has 24 heavy (non-hydrogen) atoms. The number of nitrogens with two attached hydrogens (primary N) is 6. The molecule has 15 nitrogen and oxygen atoms in total. The van der Waals surface area contributed by atoms with Crippen molar-refractivity contribution in [1.29, 1.82) is 0 Å². The molecule has 0 saturated heterocycles. The minimum atomic E-state index is -3.00. The molecule has 1 heterocycles. The summed E-state index contributed by atoms with van der Waals surface area (Å²) >= 11 is 0. The Labute approximate surface area is 142 Å². The first-order valence-electron chi connectivity index (χ1n) is 6.63. The summed E-state index contributed by atoms with van der Waals surface area (Å²) in [5.41, 5.74) is 0. The summed E-state index contributed by atoms with van der Waals surface area (Å²) in [5.74, 6) is 36.5. The Bertz CT molecular complexity index is 479. The summed E-state index contributed by atoms with van der Waals surface area (Å²) in [6.45, 7) is 0. The highest BCUT2D eigenvalue weighted by molar-refractivity contribution is 7.82. The van der Waals surface area contributed by atoms with Crippen LogP contribution in [0, 0.1) is 0 Å². The Morgan fingerprint density at radius 3 is 0.625 bits per heavy atom. The highest BCUT2D eigenvalue weighted by Crippen LogP contribution is 2.79. The molecule has 1 rings (SSSR count). The third kappa shape index (κ3) is 3.40. The van der Waals surface area contributed by atoms with Gasteiger partial charge < -0.3 is 0 Å². The fourth-order valence-corrected chi connectivity index (χ4v) is 14.6. The Hall–Kier alpha value is 0.210. The minimum Gasteiger partial charge on any atom is -0.262 e. The van der Waals surface area contributed by atoms with E-state index in [1.54, 1.807) is 42.3 Å². The molecule has 12 N–H and O–H groups in total. The van der Waals surface area contributed by atoms with Crippen LogP contribution in [0.2, 0.25) is 0 Å². The first-order chi connectivity index (χ1) is 10.8. The van der Waals surface area contributed by atoms with Crippen molar-refractivity contribution in [3.63, 3.8) is 0 Å². The molecule has 18 heteroatoms. The fraction of sp³-hybridized carbons (Fsp3) is 1.00. The van der Waals surface area contributed by atoms with E-state index in [1.807, 2.05) is 0 Å². The van der Waals surface area contributed by atoms with Gasteiger partial charge in [0.05, 0.1) is 0 Å². The molecule has 0 radical (unpaired) electrons. The molecule has 0 saturated carbocycles. The number of nitrogens with zero attached hydrogens (tertiary/aromatic N) is 9. The SMILES string of the molecule is CN(N)P1(N(C)N)=NP(N(C)N)(N(C)N)=NP(N(C)N)(N(C)N)=N1. The smallest absolute Gasteiger partial charge is 0.247 e. The van der Waals surface area contributed by atoms with E-state index < -0.39 is 22.5 Å². The first kappa shape index (κ1) is 22.3. The highest BCUT2D eigenvalue weighted by Gasteiger charge is 2.46. The van der Waals surface area contributed by atoms with Gasteiger partial charge in [0, 0.05) is 42.3 Å². The lowest BCUT2D eigenvalue weighted by Crippen LogP contribution is -2.41. The maximum atomic E-state index is 6.08. The van der Waals surface area contributed by atoms with Crippen molar-refractivity contribution in [2.75, 3.05) is 42.3 Å². The largest absolute Gasteiger partial charge is 0.262 e. The van der Waals surface area contributed by atoms with E-state index in [1.165, 1.54) is 28.7 Å². The van der Waals surface area contributed by atoms with Crippen molar-refractivity contribution in [2.45, 2.75) is 0 Å². The molecule has 144 valence electrons. The van der Waals surface area contributed by atoms with Crippen molar-refractivity contribution >= 4 is 22.5 Å². The normalized spacial score (nSPS) is 22.2. The van der Waals surface area contributed by atoms with Crippen molar-refractivity contribution in [2.24, 2.45) is 48.6 Å². The quantitative estimate of drug-likeness (QED) is 0.172. The number of rotatable bonds is 6. The van der Waals surface area contributed by atoms with E-state index in [9.17, 15) is 0 Å². The van der Waals surface area contributed by atoms with Crippen molar-refractivity contribution < 1.29 is 0 Å². The van der Waals surface area contributed by atoms with Crippen molar-refractivity contribution in [3.8, 4) is 0 Å². The average Bonchev–Trinajstić information content (AvgIpc) is 2.44. The third-order valence-corrected chi connectivity index (χ3v) is 14.1. The Kier molecular flexibility index (Phi) is 6.90.